The van der Waals surface area contributed by atoms with Crippen molar-refractivity contribution in [2.24, 2.45) is 0 Å². The maximum Gasteiger partial charge on any atom is 0.255 e. The van der Waals surface area contributed by atoms with Gasteiger partial charge < -0.3 is 10.2 Å². The number of carbonyl (C=O) groups excluding carboxylic acids is 2. The lowest BCUT2D eigenvalue weighted by atomic mass is 10.1. The lowest BCUT2D eigenvalue weighted by Crippen LogP contribution is -2.25. The van der Waals surface area contributed by atoms with E-state index < -0.39 is 0 Å². The zero-order valence-electron chi connectivity index (χ0n) is 14.5. The number of nitrogens with zero attached hydrogens (tertiary/aromatic N) is 2. The Hall–Kier alpha value is -2.78. The van der Waals surface area contributed by atoms with Crippen molar-refractivity contribution in [1.29, 1.82) is 5.26 Å². The molecule has 6 heteroatoms. The van der Waals surface area contributed by atoms with Gasteiger partial charge in [0.05, 0.1) is 11.8 Å². The lowest BCUT2D eigenvalue weighted by molar-refractivity contribution is -0.116. The van der Waals surface area contributed by atoms with Gasteiger partial charge in [0, 0.05) is 41.8 Å². The standard InChI is InChI=1S/C20H19N3O2S/c1-14(24)23-11-9-15-13-16(7-8-18(15)23)20(25)22-17-5-2-3-6-19(17)26-12-4-10-21/h2-3,5-8,13H,4,9,11-12H2,1H3,(H,22,25). The van der Waals surface area contributed by atoms with Crippen molar-refractivity contribution in [3.05, 3.63) is 53.6 Å². The molecule has 3 rings (SSSR count). The molecule has 2 aromatic rings. The number of amides is 2. The van der Waals surface area contributed by atoms with Crippen LogP contribution in [0.25, 0.3) is 0 Å². The number of anilines is 2. The molecule has 0 aliphatic carbocycles. The molecule has 0 unspecified atom stereocenters. The monoisotopic (exact) mass is 365 g/mol. The molecule has 2 amide bonds. The molecule has 2 aromatic carbocycles. The first-order chi connectivity index (χ1) is 12.6. The molecule has 1 aliphatic heterocycles. The second kappa shape index (κ2) is 8.07. The molecule has 132 valence electrons. The Labute approximate surface area is 157 Å². The van der Waals surface area contributed by atoms with E-state index in [1.54, 1.807) is 29.7 Å². The highest BCUT2D eigenvalue weighted by molar-refractivity contribution is 7.99. The van der Waals surface area contributed by atoms with Crippen LogP contribution in [0, 0.1) is 11.3 Å². The predicted octanol–water partition coefficient (Wildman–Crippen LogP) is 3.85. The predicted molar refractivity (Wildman–Crippen MR) is 104 cm³/mol. The summed E-state index contributed by atoms with van der Waals surface area (Å²) in [6, 6.07) is 15.2. The van der Waals surface area contributed by atoms with Crippen molar-refractivity contribution in [2.45, 2.75) is 24.7 Å². The van der Waals surface area contributed by atoms with Crippen LogP contribution in [-0.2, 0) is 11.2 Å². The maximum absolute atomic E-state index is 12.7. The maximum atomic E-state index is 12.7. The summed E-state index contributed by atoms with van der Waals surface area (Å²) < 4.78 is 0. The van der Waals surface area contributed by atoms with Crippen LogP contribution in [0.3, 0.4) is 0 Å². The number of carbonyl (C=O) groups is 2. The van der Waals surface area contributed by atoms with Gasteiger partial charge in [-0.15, -0.1) is 11.8 Å². The third kappa shape index (κ3) is 3.89. The summed E-state index contributed by atoms with van der Waals surface area (Å²) in [5.74, 6) is 0.523. The molecule has 5 nitrogen and oxygen atoms in total. The van der Waals surface area contributed by atoms with Gasteiger partial charge in [-0.25, -0.2) is 0 Å². The molecule has 0 spiro atoms. The summed E-state index contributed by atoms with van der Waals surface area (Å²) in [6.45, 7) is 2.21. The van der Waals surface area contributed by atoms with Gasteiger partial charge in [0.15, 0.2) is 0 Å². The van der Waals surface area contributed by atoms with Crippen molar-refractivity contribution >= 4 is 35.0 Å². The third-order valence-electron chi connectivity index (χ3n) is 4.22. The van der Waals surface area contributed by atoms with Gasteiger partial charge in [-0.05, 0) is 42.3 Å². The van der Waals surface area contributed by atoms with Crippen LogP contribution in [0.5, 0.6) is 0 Å². The summed E-state index contributed by atoms with van der Waals surface area (Å²) in [4.78, 5) is 27.0. The van der Waals surface area contributed by atoms with E-state index in [1.807, 2.05) is 36.4 Å². The number of nitrogens with one attached hydrogen (secondary N) is 1. The SMILES string of the molecule is CC(=O)N1CCc2cc(C(=O)Nc3ccccc3SCCC#N)ccc21. The molecule has 0 bridgehead atoms. The quantitative estimate of drug-likeness (QED) is 0.645. The first kappa shape index (κ1) is 18.0. The first-order valence-corrected chi connectivity index (χ1v) is 9.40. The summed E-state index contributed by atoms with van der Waals surface area (Å²) in [5.41, 5.74) is 3.23. The molecular formula is C20H19N3O2S. The highest BCUT2D eigenvalue weighted by Gasteiger charge is 2.23. The van der Waals surface area contributed by atoms with E-state index in [4.69, 9.17) is 5.26 Å². The molecule has 26 heavy (non-hydrogen) atoms. The number of nitriles is 1. The van der Waals surface area contributed by atoms with E-state index in [0.717, 1.165) is 28.3 Å². The largest absolute Gasteiger partial charge is 0.321 e. The van der Waals surface area contributed by atoms with Gasteiger partial charge in [0.2, 0.25) is 5.91 Å². The molecule has 0 radical (unpaired) electrons. The van der Waals surface area contributed by atoms with E-state index in [1.165, 1.54) is 0 Å². The van der Waals surface area contributed by atoms with Crippen molar-refractivity contribution in [2.75, 3.05) is 22.5 Å². The van der Waals surface area contributed by atoms with Crippen LogP contribution < -0.4 is 10.2 Å². The number of hydrogen-bond acceptors (Lipinski definition) is 4. The minimum absolute atomic E-state index is 0.0178. The highest BCUT2D eigenvalue weighted by Crippen LogP contribution is 2.30. The summed E-state index contributed by atoms with van der Waals surface area (Å²) in [7, 11) is 0. The Balaban J connectivity index is 1.76. The molecular weight excluding hydrogens is 346 g/mol. The zero-order chi connectivity index (χ0) is 18.5. The smallest absolute Gasteiger partial charge is 0.255 e. The van der Waals surface area contributed by atoms with Crippen molar-refractivity contribution < 1.29 is 9.59 Å². The third-order valence-corrected chi connectivity index (χ3v) is 5.30. The number of rotatable bonds is 5. The van der Waals surface area contributed by atoms with Gasteiger partial charge in [-0.2, -0.15) is 5.26 Å². The van der Waals surface area contributed by atoms with Gasteiger partial charge in [-0.3, -0.25) is 9.59 Å². The average Bonchev–Trinajstić information content (AvgIpc) is 3.06. The molecule has 1 N–H and O–H groups in total. The topological polar surface area (TPSA) is 73.2 Å². The second-order valence-corrected chi connectivity index (χ2v) is 7.11. The normalized spacial score (nSPS) is 12.4. The fourth-order valence-electron chi connectivity index (χ4n) is 2.97. The molecule has 0 saturated heterocycles. The molecule has 0 aromatic heterocycles. The number of hydrogen-bond donors (Lipinski definition) is 1. The van der Waals surface area contributed by atoms with E-state index >= 15 is 0 Å². The Bertz CT molecular complexity index is 889. The molecule has 0 atom stereocenters. The van der Waals surface area contributed by atoms with Crippen molar-refractivity contribution in [3.63, 3.8) is 0 Å². The van der Waals surface area contributed by atoms with Gasteiger partial charge in [0.25, 0.3) is 5.91 Å². The Morgan fingerprint density at radius 1 is 1.27 bits per heavy atom. The van der Waals surface area contributed by atoms with Gasteiger partial charge in [0.1, 0.15) is 0 Å². The van der Waals surface area contributed by atoms with E-state index in [0.29, 0.717) is 24.3 Å². The number of para-hydroxylation sites is 1. The zero-order valence-corrected chi connectivity index (χ0v) is 15.3. The highest BCUT2D eigenvalue weighted by atomic mass is 32.2. The van der Waals surface area contributed by atoms with Gasteiger partial charge in [-0.1, -0.05) is 12.1 Å². The van der Waals surface area contributed by atoms with Crippen LogP contribution in [0.4, 0.5) is 11.4 Å². The van der Waals surface area contributed by atoms with Crippen molar-refractivity contribution in [1.82, 2.24) is 0 Å². The van der Waals surface area contributed by atoms with E-state index in [-0.39, 0.29) is 11.8 Å². The van der Waals surface area contributed by atoms with E-state index in [9.17, 15) is 9.59 Å². The Morgan fingerprint density at radius 3 is 2.85 bits per heavy atom. The summed E-state index contributed by atoms with van der Waals surface area (Å²) >= 11 is 1.55. The first-order valence-electron chi connectivity index (χ1n) is 8.41. The van der Waals surface area contributed by atoms with Crippen LogP contribution in [0.15, 0.2) is 47.4 Å². The van der Waals surface area contributed by atoms with Crippen LogP contribution in [0.1, 0.15) is 29.3 Å². The minimum Gasteiger partial charge on any atom is -0.321 e. The second-order valence-electron chi connectivity index (χ2n) is 5.97. The molecule has 0 fully saturated rings. The van der Waals surface area contributed by atoms with Crippen LogP contribution in [0.2, 0.25) is 0 Å². The molecule has 0 saturated carbocycles. The van der Waals surface area contributed by atoms with Crippen LogP contribution in [-0.4, -0.2) is 24.1 Å². The fourth-order valence-corrected chi connectivity index (χ4v) is 3.83. The average molecular weight is 365 g/mol. The summed E-state index contributed by atoms with van der Waals surface area (Å²) in [6.07, 6.45) is 1.22. The lowest BCUT2D eigenvalue weighted by Gasteiger charge is -2.15. The fraction of sp³-hybridized carbons (Fsp3) is 0.250. The number of fused-ring (bicyclic) bond motifs is 1. The van der Waals surface area contributed by atoms with E-state index in [2.05, 4.69) is 11.4 Å². The minimum atomic E-state index is -0.178. The van der Waals surface area contributed by atoms with Crippen molar-refractivity contribution in [3.8, 4) is 6.07 Å². The number of benzene rings is 2. The van der Waals surface area contributed by atoms with Gasteiger partial charge >= 0.3 is 0 Å². The van der Waals surface area contributed by atoms with Crippen LogP contribution >= 0.6 is 11.8 Å². The number of thioether (sulfide) groups is 1. The molecule has 1 heterocycles. The Kier molecular flexibility index (Phi) is 5.59. The summed E-state index contributed by atoms with van der Waals surface area (Å²) in [5, 5.41) is 11.6. The molecule has 1 aliphatic rings. The Morgan fingerprint density at radius 2 is 2.08 bits per heavy atom.